The number of aliphatic hydroxyl groups excluding tert-OH is 7. The Morgan fingerprint density at radius 2 is 1.45 bits per heavy atom. The molecule has 0 aromatic carbocycles. The van der Waals surface area contributed by atoms with Crippen LogP contribution in [0.5, 0.6) is 0 Å². The van der Waals surface area contributed by atoms with Crippen LogP contribution in [0.15, 0.2) is 0 Å². The predicted molar refractivity (Wildman–Crippen MR) is 67.2 cm³/mol. The van der Waals surface area contributed by atoms with Crippen LogP contribution in [0.3, 0.4) is 0 Å². The molecule has 0 amide bonds. The predicted octanol–water partition coefficient (Wildman–Crippen LogP) is -4.37. The molecule has 2 heterocycles. The molecule has 10 heteroatoms. The van der Waals surface area contributed by atoms with Crippen LogP contribution in [0.1, 0.15) is 6.92 Å². The molecule has 7 N–H and O–H groups in total. The van der Waals surface area contributed by atoms with Crippen molar-refractivity contribution in [3.63, 3.8) is 0 Å². The van der Waals surface area contributed by atoms with Gasteiger partial charge in [0.15, 0.2) is 12.6 Å². The molecule has 0 saturated carbocycles. The van der Waals surface area contributed by atoms with Crippen LogP contribution >= 0.6 is 0 Å². The maximum Gasteiger partial charge on any atom is 0.187 e. The van der Waals surface area contributed by atoms with E-state index < -0.39 is 68.0 Å². The van der Waals surface area contributed by atoms with Gasteiger partial charge in [-0.2, -0.15) is 0 Å². The van der Waals surface area contributed by atoms with Gasteiger partial charge in [0.05, 0.1) is 12.7 Å². The molecule has 2 saturated heterocycles. The summed E-state index contributed by atoms with van der Waals surface area (Å²) in [5, 5.41) is 67.2. The third-order valence-corrected chi connectivity index (χ3v) is 3.94. The van der Waals surface area contributed by atoms with Gasteiger partial charge in [0, 0.05) is 0 Å². The van der Waals surface area contributed by atoms with Crippen molar-refractivity contribution >= 4 is 0 Å². The molecule has 0 unspecified atom stereocenters. The van der Waals surface area contributed by atoms with Crippen LogP contribution in [0.4, 0.5) is 0 Å². The molecular formula is C12H22O10. The van der Waals surface area contributed by atoms with E-state index in [0.29, 0.717) is 0 Å². The van der Waals surface area contributed by atoms with Crippen molar-refractivity contribution in [2.75, 3.05) is 6.61 Å². The van der Waals surface area contributed by atoms with Gasteiger partial charge in [0.1, 0.15) is 42.7 Å². The molecule has 0 aromatic rings. The molecule has 10 atom stereocenters. The summed E-state index contributed by atoms with van der Waals surface area (Å²) in [4.78, 5) is 0. The van der Waals surface area contributed by atoms with E-state index in [-0.39, 0.29) is 0 Å². The van der Waals surface area contributed by atoms with Gasteiger partial charge in [0.25, 0.3) is 0 Å². The number of ether oxygens (including phenoxy) is 3. The summed E-state index contributed by atoms with van der Waals surface area (Å²) in [5.41, 5.74) is 0. The van der Waals surface area contributed by atoms with Crippen molar-refractivity contribution < 1.29 is 50.0 Å². The first kappa shape index (κ1) is 17.9. The van der Waals surface area contributed by atoms with Crippen LogP contribution in [-0.4, -0.2) is 104 Å². The Hall–Kier alpha value is -0.400. The second-order valence-electron chi connectivity index (χ2n) is 5.51. The monoisotopic (exact) mass is 326 g/mol. The minimum absolute atomic E-state index is 0.620. The van der Waals surface area contributed by atoms with Crippen molar-refractivity contribution in [1.82, 2.24) is 0 Å². The molecular weight excluding hydrogens is 304 g/mol. The summed E-state index contributed by atoms with van der Waals surface area (Å²) >= 11 is 0. The number of hydrogen-bond acceptors (Lipinski definition) is 10. The second kappa shape index (κ2) is 7.01. The standard InChI is InChI=1S/C12H22O10/c1-3-10(7(16)8(17)11(19)20-3)22-12-9(18)6(15)5(14)4(2-13)21-12/h3-19H,2H2,1H3/t3-,4+,5+,6-,7-,8+,9+,10-,11-,12+/m0/s1. The molecule has 10 nitrogen and oxygen atoms in total. The van der Waals surface area contributed by atoms with Gasteiger partial charge in [-0.25, -0.2) is 0 Å². The zero-order valence-electron chi connectivity index (χ0n) is 11.8. The molecule has 2 fully saturated rings. The summed E-state index contributed by atoms with van der Waals surface area (Å²) < 4.78 is 15.5. The lowest BCUT2D eigenvalue weighted by Crippen LogP contribution is -2.63. The fourth-order valence-corrected chi connectivity index (χ4v) is 2.54. The highest BCUT2D eigenvalue weighted by Crippen LogP contribution is 2.28. The average Bonchev–Trinajstić information content (AvgIpc) is 2.49. The first-order valence-corrected chi connectivity index (χ1v) is 6.93. The molecule has 0 radical (unpaired) electrons. The van der Waals surface area contributed by atoms with Crippen molar-refractivity contribution in [2.45, 2.75) is 68.3 Å². The van der Waals surface area contributed by atoms with Gasteiger partial charge in [-0.1, -0.05) is 0 Å². The molecule has 0 aliphatic carbocycles. The van der Waals surface area contributed by atoms with Gasteiger partial charge in [0.2, 0.25) is 0 Å². The molecule has 2 rings (SSSR count). The van der Waals surface area contributed by atoms with E-state index in [4.69, 9.17) is 19.3 Å². The van der Waals surface area contributed by atoms with Gasteiger partial charge in [-0.3, -0.25) is 0 Å². The molecule has 2 aliphatic rings. The van der Waals surface area contributed by atoms with Crippen LogP contribution in [0, 0.1) is 0 Å². The third-order valence-electron chi connectivity index (χ3n) is 3.94. The fraction of sp³-hybridized carbons (Fsp3) is 1.00. The van der Waals surface area contributed by atoms with Crippen molar-refractivity contribution in [3.8, 4) is 0 Å². The molecule has 2 aliphatic heterocycles. The lowest BCUT2D eigenvalue weighted by atomic mass is 9.97. The highest BCUT2D eigenvalue weighted by molar-refractivity contribution is 4.92. The van der Waals surface area contributed by atoms with E-state index >= 15 is 0 Å². The van der Waals surface area contributed by atoms with Crippen LogP contribution in [0.25, 0.3) is 0 Å². The maximum atomic E-state index is 9.92. The lowest BCUT2D eigenvalue weighted by molar-refractivity contribution is -0.351. The van der Waals surface area contributed by atoms with E-state index in [1.807, 2.05) is 0 Å². The lowest BCUT2D eigenvalue weighted by Gasteiger charge is -2.44. The van der Waals surface area contributed by atoms with E-state index in [9.17, 15) is 30.6 Å². The first-order valence-electron chi connectivity index (χ1n) is 6.93. The highest BCUT2D eigenvalue weighted by Gasteiger charge is 2.49. The fourth-order valence-electron chi connectivity index (χ4n) is 2.54. The summed E-state index contributed by atoms with van der Waals surface area (Å²) in [5.74, 6) is 0. The van der Waals surface area contributed by atoms with E-state index in [1.165, 1.54) is 6.92 Å². The zero-order chi connectivity index (χ0) is 16.6. The molecule has 0 aromatic heterocycles. The minimum Gasteiger partial charge on any atom is -0.394 e. The third kappa shape index (κ3) is 3.26. The van der Waals surface area contributed by atoms with Crippen LogP contribution in [0.2, 0.25) is 0 Å². The van der Waals surface area contributed by atoms with Crippen molar-refractivity contribution in [2.24, 2.45) is 0 Å². The van der Waals surface area contributed by atoms with Crippen molar-refractivity contribution in [3.05, 3.63) is 0 Å². The van der Waals surface area contributed by atoms with Gasteiger partial charge in [-0.05, 0) is 6.92 Å². The molecule has 22 heavy (non-hydrogen) atoms. The van der Waals surface area contributed by atoms with Crippen LogP contribution < -0.4 is 0 Å². The van der Waals surface area contributed by atoms with Gasteiger partial charge < -0.3 is 50.0 Å². The number of rotatable bonds is 3. The Morgan fingerprint density at radius 3 is 2.05 bits per heavy atom. The summed E-state index contributed by atoms with van der Waals surface area (Å²) in [6.07, 6.45) is -14.2. The molecule has 0 spiro atoms. The summed E-state index contributed by atoms with van der Waals surface area (Å²) in [6, 6.07) is 0. The Balaban J connectivity index is 2.08. The first-order chi connectivity index (χ1) is 10.3. The Kier molecular flexibility index (Phi) is 5.72. The Bertz CT molecular complexity index is 366. The van der Waals surface area contributed by atoms with E-state index in [0.717, 1.165) is 0 Å². The van der Waals surface area contributed by atoms with E-state index in [2.05, 4.69) is 0 Å². The Morgan fingerprint density at radius 1 is 0.818 bits per heavy atom. The normalized spacial score (nSPS) is 53.5. The second-order valence-corrected chi connectivity index (χ2v) is 5.51. The Labute approximate surface area is 126 Å². The van der Waals surface area contributed by atoms with Crippen LogP contribution in [-0.2, 0) is 14.2 Å². The molecule has 0 bridgehead atoms. The largest absolute Gasteiger partial charge is 0.394 e. The topological polar surface area (TPSA) is 169 Å². The highest BCUT2D eigenvalue weighted by atomic mass is 16.7. The quantitative estimate of drug-likeness (QED) is 0.269. The van der Waals surface area contributed by atoms with E-state index in [1.54, 1.807) is 0 Å². The SMILES string of the molecule is C[C@@H]1O[C@H](O)[C@H](O)[C@H](O)[C@H]1O[C@H]1O[C@H](CO)[C@@H](O)[C@H](O)[C@H]1O. The van der Waals surface area contributed by atoms with Gasteiger partial charge >= 0.3 is 0 Å². The number of aliphatic hydroxyl groups is 7. The smallest absolute Gasteiger partial charge is 0.187 e. The average molecular weight is 326 g/mol. The number of hydrogen-bond donors (Lipinski definition) is 7. The summed E-state index contributed by atoms with van der Waals surface area (Å²) in [7, 11) is 0. The van der Waals surface area contributed by atoms with Crippen molar-refractivity contribution in [1.29, 1.82) is 0 Å². The summed E-state index contributed by atoms with van der Waals surface area (Å²) in [6.45, 7) is 0.846. The zero-order valence-corrected chi connectivity index (χ0v) is 11.8. The molecule has 130 valence electrons. The minimum atomic E-state index is -1.64. The maximum absolute atomic E-state index is 9.92. The van der Waals surface area contributed by atoms with Gasteiger partial charge in [-0.15, -0.1) is 0 Å².